The Balaban J connectivity index is 2.55. The molecule has 0 aliphatic heterocycles. The van der Waals surface area contributed by atoms with Crippen LogP contribution in [-0.2, 0) is 4.79 Å². The highest BCUT2D eigenvalue weighted by molar-refractivity contribution is 5.82. The summed E-state index contributed by atoms with van der Waals surface area (Å²) in [5, 5.41) is 3.02. The van der Waals surface area contributed by atoms with E-state index < -0.39 is 0 Å². The Bertz CT molecular complexity index is 378. The van der Waals surface area contributed by atoms with Crippen LogP contribution in [0.1, 0.15) is 45.0 Å². The molecule has 0 fully saturated rings. The summed E-state index contributed by atoms with van der Waals surface area (Å²) in [7, 11) is 0. The summed E-state index contributed by atoms with van der Waals surface area (Å²) >= 11 is 0. The SMILES string of the molecule is CCCC(C)NC(=O)C(C)Nn1c(C)ccc1C. The third-order valence-electron chi connectivity index (χ3n) is 3.10. The van der Waals surface area contributed by atoms with Crippen LogP contribution in [0, 0.1) is 13.8 Å². The van der Waals surface area contributed by atoms with Gasteiger partial charge in [-0.05, 0) is 46.2 Å². The van der Waals surface area contributed by atoms with Gasteiger partial charge in [0.2, 0.25) is 5.91 Å². The maximum absolute atomic E-state index is 12.0. The zero-order valence-corrected chi connectivity index (χ0v) is 12.1. The van der Waals surface area contributed by atoms with E-state index in [1.165, 1.54) is 0 Å². The summed E-state index contributed by atoms with van der Waals surface area (Å²) in [6.07, 6.45) is 2.10. The van der Waals surface area contributed by atoms with Gasteiger partial charge < -0.3 is 10.7 Å². The maximum Gasteiger partial charge on any atom is 0.244 e. The minimum Gasteiger partial charge on any atom is -0.352 e. The summed E-state index contributed by atoms with van der Waals surface area (Å²) < 4.78 is 1.95. The van der Waals surface area contributed by atoms with E-state index in [0.717, 1.165) is 24.2 Å². The largest absolute Gasteiger partial charge is 0.352 e. The van der Waals surface area contributed by atoms with Crippen molar-refractivity contribution in [2.45, 2.75) is 59.5 Å². The number of nitrogens with zero attached hydrogens (tertiary/aromatic N) is 1. The molecule has 0 radical (unpaired) electrons. The molecule has 0 bridgehead atoms. The highest BCUT2D eigenvalue weighted by atomic mass is 16.2. The van der Waals surface area contributed by atoms with Crippen molar-refractivity contribution in [2.24, 2.45) is 0 Å². The van der Waals surface area contributed by atoms with E-state index in [1.54, 1.807) is 0 Å². The first-order valence-corrected chi connectivity index (χ1v) is 6.67. The Morgan fingerprint density at radius 1 is 1.28 bits per heavy atom. The molecule has 2 unspecified atom stereocenters. The molecule has 0 spiro atoms. The van der Waals surface area contributed by atoms with Crippen LogP contribution in [0.25, 0.3) is 0 Å². The Labute approximate surface area is 110 Å². The van der Waals surface area contributed by atoms with E-state index in [2.05, 4.69) is 17.7 Å². The van der Waals surface area contributed by atoms with Crippen LogP contribution >= 0.6 is 0 Å². The van der Waals surface area contributed by atoms with E-state index in [1.807, 2.05) is 44.5 Å². The summed E-state index contributed by atoms with van der Waals surface area (Å²) in [6, 6.07) is 4.06. The van der Waals surface area contributed by atoms with Gasteiger partial charge in [0.1, 0.15) is 6.04 Å². The molecule has 18 heavy (non-hydrogen) atoms. The first kappa shape index (κ1) is 14.6. The van der Waals surface area contributed by atoms with Gasteiger partial charge in [-0.2, -0.15) is 0 Å². The normalized spacial score (nSPS) is 14.1. The number of hydrogen-bond donors (Lipinski definition) is 2. The van der Waals surface area contributed by atoms with Crippen molar-refractivity contribution in [3.63, 3.8) is 0 Å². The van der Waals surface area contributed by atoms with Gasteiger partial charge in [0.05, 0.1) is 0 Å². The fourth-order valence-electron chi connectivity index (χ4n) is 2.00. The molecule has 0 aliphatic rings. The molecule has 1 aromatic rings. The molecular formula is C14H25N3O. The standard InChI is InChI=1S/C14H25N3O/c1-6-7-10(2)15-14(18)13(5)16-17-11(3)8-9-12(17)4/h8-10,13,16H,6-7H2,1-5H3,(H,15,18). The molecular weight excluding hydrogens is 226 g/mol. The molecule has 2 atom stereocenters. The second kappa shape index (κ2) is 6.47. The van der Waals surface area contributed by atoms with Crippen LogP contribution in [-0.4, -0.2) is 22.7 Å². The van der Waals surface area contributed by atoms with E-state index in [-0.39, 0.29) is 18.0 Å². The highest BCUT2D eigenvalue weighted by Crippen LogP contribution is 2.05. The molecule has 1 heterocycles. The second-order valence-corrected chi connectivity index (χ2v) is 5.00. The van der Waals surface area contributed by atoms with Crippen molar-refractivity contribution in [2.75, 3.05) is 5.43 Å². The zero-order chi connectivity index (χ0) is 13.7. The molecule has 0 saturated heterocycles. The first-order chi connectivity index (χ1) is 8.45. The van der Waals surface area contributed by atoms with Crippen LogP contribution < -0.4 is 10.7 Å². The van der Waals surface area contributed by atoms with Crippen LogP contribution in [0.3, 0.4) is 0 Å². The van der Waals surface area contributed by atoms with Gasteiger partial charge in [-0.15, -0.1) is 0 Å². The number of nitrogens with one attached hydrogen (secondary N) is 2. The molecule has 0 aliphatic carbocycles. The number of aryl methyl sites for hydroxylation is 2. The molecule has 102 valence electrons. The predicted molar refractivity (Wildman–Crippen MR) is 75.2 cm³/mol. The highest BCUT2D eigenvalue weighted by Gasteiger charge is 2.15. The second-order valence-electron chi connectivity index (χ2n) is 5.00. The minimum absolute atomic E-state index is 0.0449. The van der Waals surface area contributed by atoms with E-state index in [0.29, 0.717) is 0 Å². The third-order valence-corrected chi connectivity index (χ3v) is 3.10. The fraction of sp³-hybridized carbons (Fsp3) is 0.643. The molecule has 0 aromatic carbocycles. The summed E-state index contributed by atoms with van der Waals surface area (Å²) in [5.74, 6) is 0.0449. The molecule has 0 saturated carbocycles. The number of carbonyl (C=O) groups is 1. The minimum atomic E-state index is -0.242. The van der Waals surface area contributed by atoms with Gasteiger partial charge in [-0.25, -0.2) is 0 Å². The maximum atomic E-state index is 12.0. The Morgan fingerprint density at radius 3 is 2.33 bits per heavy atom. The summed E-state index contributed by atoms with van der Waals surface area (Å²) in [4.78, 5) is 12.0. The number of hydrogen-bond acceptors (Lipinski definition) is 2. The van der Waals surface area contributed by atoms with Crippen molar-refractivity contribution in [3.8, 4) is 0 Å². The number of amides is 1. The smallest absolute Gasteiger partial charge is 0.244 e. The first-order valence-electron chi connectivity index (χ1n) is 6.67. The average molecular weight is 251 g/mol. The third kappa shape index (κ3) is 3.79. The zero-order valence-electron chi connectivity index (χ0n) is 12.1. The molecule has 1 aromatic heterocycles. The molecule has 4 nitrogen and oxygen atoms in total. The van der Waals surface area contributed by atoms with Crippen molar-refractivity contribution in [1.29, 1.82) is 0 Å². The summed E-state index contributed by atoms with van der Waals surface area (Å²) in [5.41, 5.74) is 5.42. The lowest BCUT2D eigenvalue weighted by molar-refractivity contribution is -0.122. The number of rotatable bonds is 6. The Hall–Kier alpha value is -1.45. The lowest BCUT2D eigenvalue weighted by Crippen LogP contribution is -2.44. The lowest BCUT2D eigenvalue weighted by atomic mass is 10.2. The van der Waals surface area contributed by atoms with Gasteiger partial charge in [-0.3, -0.25) is 9.47 Å². The topological polar surface area (TPSA) is 46.1 Å². The van der Waals surface area contributed by atoms with Crippen molar-refractivity contribution in [3.05, 3.63) is 23.5 Å². The van der Waals surface area contributed by atoms with Gasteiger partial charge >= 0.3 is 0 Å². The molecule has 1 rings (SSSR count). The van der Waals surface area contributed by atoms with Crippen molar-refractivity contribution >= 4 is 5.91 Å². The van der Waals surface area contributed by atoms with Crippen LogP contribution in [0.15, 0.2) is 12.1 Å². The van der Waals surface area contributed by atoms with Gasteiger partial charge in [0.25, 0.3) is 0 Å². The fourth-order valence-corrected chi connectivity index (χ4v) is 2.00. The van der Waals surface area contributed by atoms with Crippen LogP contribution in [0.5, 0.6) is 0 Å². The van der Waals surface area contributed by atoms with Crippen molar-refractivity contribution < 1.29 is 4.79 Å². The van der Waals surface area contributed by atoms with Crippen LogP contribution in [0.4, 0.5) is 0 Å². The van der Waals surface area contributed by atoms with E-state index >= 15 is 0 Å². The van der Waals surface area contributed by atoms with Crippen molar-refractivity contribution in [1.82, 2.24) is 9.99 Å². The van der Waals surface area contributed by atoms with Gasteiger partial charge in [0.15, 0.2) is 0 Å². The van der Waals surface area contributed by atoms with E-state index in [4.69, 9.17) is 0 Å². The predicted octanol–water partition coefficient (Wildman–Crippen LogP) is 2.34. The monoisotopic (exact) mass is 251 g/mol. The quantitative estimate of drug-likeness (QED) is 0.815. The molecule has 4 heteroatoms. The average Bonchev–Trinajstić information content (AvgIpc) is 2.60. The number of carbonyl (C=O) groups excluding carboxylic acids is 1. The lowest BCUT2D eigenvalue weighted by Gasteiger charge is -2.21. The van der Waals surface area contributed by atoms with Gasteiger partial charge in [-0.1, -0.05) is 13.3 Å². The Kier molecular flexibility index (Phi) is 5.25. The van der Waals surface area contributed by atoms with Crippen LogP contribution in [0.2, 0.25) is 0 Å². The molecule has 1 amide bonds. The van der Waals surface area contributed by atoms with E-state index in [9.17, 15) is 4.79 Å². The molecule has 2 N–H and O–H groups in total. The summed E-state index contributed by atoms with van der Waals surface area (Å²) in [6.45, 7) is 10.1. The van der Waals surface area contributed by atoms with Gasteiger partial charge in [0, 0.05) is 17.4 Å². The Morgan fingerprint density at radius 2 is 1.83 bits per heavy atom. The number of aromatic nitrogens is 1.